The van der Waals surface area contributed by atoms with Crippen molar-refractivity contribution in [2.45, 2.75) is 0 Å². The van der Waals surface area contributed by atoms with Gasteiger partial charge in [-0.25, -0.2) is 9.97 Å². The molecule has 0 bridgehead atoms. The molecule has 3 aromatic heterocycles. The van der Waals surface area contributed by atoms with Crippen LogP contribution in [0.5, 0.6) is 0 Å². The number of nitrogens with zero attached hydrogens (tertiary/aromatic N) is 3. The molecule has 0 aliphatic rings. The lowest BCUT2D eigenvalue weighted by atomic mass is 9.99. The van der Waals surface area contributed by atoms with E-state index in [1.54, 1.807) is 0 Å². The Morgan fingerprint density at radius 3 is 1.80 bits per heavy atom. The Kier molecular flexibility index (Phi) is 6.02. The molecule has 12 rings (SSSR count). The molecule has 0 saturated carbocycles. The van der Waals surface area contributed by atoms with Gasteiger partial charge in [0.25, 0.3) is 0 Å². The second-order valence-electron chi connectivity index (χ2n) is 14.1. The SMILES string of the molecule is c1ccc(-c2cccc(-c3nc(-c4cccc5c(-n6c7ccc8cccc9oc%10cccc%11ccc6c(c%11%10)c7c89)cccc45)nc4ccccc34)c2)cc1. The summed E-state index contributed by atoms with van der Waals surface area (Å²) in [7, 11) is 0. The van der Waals surface area contributed by atoms with Crippen LogP contribution < -0.4 is 0 Å². The maximum Gasteiger partial charge on any atom is 0.161 e. The number of hydrogen-bond donors (Lipinski definition) is 0. The highest BCUT2D eigenvalue weighted by atomic mass is 16.3. The minimum atomic E-state index is 0.705. The minimum Gasteiger partial charge on any atom is -0.456 e. The minimum absolute atomic E-state index is 0.705. The Morgan fingerprint density at radius 2 is 1.02 bits per heavy atom. The van der Waals surface area contributed by atoms with Gasteiger partial charge in [0.2, 0.25) is 0 Å². The average molecular weight is 688 g/mol. The van der Waals surface area contributed by atoms with Crippen LogP contribution in [0.3, 0.4) is 0 Å². The van der Waals surface area contributed by atoms with Crippen LogP contribution in [0.4, 0.5) is 0 Å². The van der Waals surface area contributed by atoms with Crippen molar-refractivity contribution in [2.75, 3.05) is 0 Å². The highest BCUT2D eigenvalue weighted by Gasteiger charge is 2.23. The van der Waals surface area contributed by atoms with Gasteiger partial charge >= 0.3 is 0 Å². The second kappa shape index (κ2) is 11.1. The Balaban J connectivity index is 1.12. The van der Waals surface area contributed by atoms with E-state index in [0.29, 0.717) is 5.82 Å². The quantitative estimate of drug-likeness (QED) is 0.185. The third kappa shape index (κ3) is 4.13. The number of fused-ring (bicyclic) bond motifs is 2. The van der Waals surface area contributed by atoms with Gasteiger partial charge in [-0.05, 0) is 69.8 Å². The van der Waals surface area contributed by atoms with Crippen LogP contribution in [0.25, 0.3) is 116 Å². The first kappa shape index (κ1) is 29.3. The first-order chi connectivity index (χ1) is 26.8. The first-order valence-electron chi connectivity index (χ1n) is 18.3. The number of benzene rings is 9. The van der Waals surface area contributed by atoms with E-state index in [1.165, 1.54) is 27.1 Å². The zero-order chi connectivity index (χ0) is 35.3. The lowest BCUT2D eigenvalue weighted by Gasteiger charge is -2.15. The van der Waals surface area contributed by atoms with Gasteiger partial charge in [0.1, 0.15) is 11.2 Å². The van der Waals surface area contributed by atoms with Crippen LogP contribution >= 0.6 is 0 Å². The van der Waals surface area contributed by atoms with Crippen molar-refractivity contribution in [3.05, 3.63) is 176 Å². The summed E-state index contributed by atoms with van der Waals surface area (Å²) in [6, 6.07) is 62.3. The fourth-order valence-corrected chi connectivity index (χ4v) is 8.80. The van der Waals surface area contributed by atoms with E-state index in [4.69, 9.17) is 14.4 Å². The molecule has 0 N–H and O–H groups in total. The van der Waals surface area contributed by atoms with E-state index < -0.39 is 0 Å². The summed E-state index contributed by atoms with van der Waals surface area (Å²) in [5.74, 6) is 0.705. The second-order valence-corrected chi connectivity index (χ2v) is 14.1. The number of para-hydroxylation sites is 1. The molecule has 250 valence electrons. The van der Waals surface area contributed by atoms with Crippen LogP contribution in [0.15, 0.2) is 180 Å². The summed E-state index contributed by atoms with van der Waals surface area (Å²) in [4.78, 5) is 10.6. The fourth-order valence-electron chi connectivity index (χ4n) is 8.80. The van der Waals surface area contributed by atoms with Crippen LogP contribution in [-0.2, 0) is 0 Å². The van der Waals surface area contributed by atoms with E-state index in [-0.39, 0.29) is 0 Å². The highest BCUT2D eigenvalue weighted by Crippen LogP contribution is 2.46. The van der Waals surface area contributed by atoms with E-state index >= 15 is 0 Å². The summed E-state index contributed by atoms with van der Waals surface area (Å²) in [5.41, 5.74) is 11.4. The van der Waals surface area contributed by atoms with Crippen LogP contribution in [0.1, 0.15) is 0 Å². The van der Waals surface area contributed by atoms with Crippen LogP contribution in [0.2, 0.25) is 0 Å². The predicted molar refractivity (Wildman–Crippen MR) is 224 cm³/mol. The molecule has 9 aromatic carbocycles. The van der Waals surface area contributed by atoms with Crippen molar-refractivity contribution in [3.8, 4) is 39.5 Å². The van der Waals surface area contributed by atoms with E-state index in [0.717, 1.165) is 82.7 Å². The van der Waals surface area contributed by atoms with E-state index in [2.05, 4.69) is 180 Å². The molecular formula is C50H29N3O. The van der Waals surface area contributed by atoms with Crippen molar-refractivity contribution >= 4 is 76.2 Å². The maximum atomic E-state index is 6.67. The summed E-state index contributed by atoms with van der Waals surface area (Å²) in [5, 5.41) is 10.3. The fraction of sp³-hybridized carbons (Fsp3) is 0. The molecule has 0 aliphatic heterocycles. The van der Waals surface area contributed by atoms with Gasteiger partial charge in [-0.15, -0.1) is 0 Å². The standard InChI is InChI=1S/C50H29N3O/c1-2-11-30(12-3-1)33-15-6-16-34(29-33)49-38-17-4-5-21-39(38)51-50(52-49)37-20-9-19-36-35(37)18-10-22-40(36)53-41-27-25-31-13-7-23-43-45(31)47(41)48-42(53)28-26-32-14-8-24-44(54-43)46(32)48/h1-29H. The van der Waals surface area contributed by atoms with Crippen LogP contribution in [0, 0.1) is 0 Å². The molecule has 0 radical (unpaired) electrons. The van der Waals surface area contributed by atoms with Crippen molar-refractivity contribution in [1.82, 2.24) is 14.5 Å². The Hall–Kier alpha value is -7.30. The number of aromatic nitrogens is 3. The molecule has 3 heterocycles. The van der Waals surface area contributed by atoms with Gasteiger partial charge in [-0.1, -0.05) is 133 Å². The van der Waals surface area contributed by atoms with Crippen LogP contribution in [-0.4, -0.2) is 14.5 Å². The molecule has 0 atom stereocenters. The molecule has 0 fully saturated rings. The third-order valence-electron chi connectivity index (χ3n) is 11.1. The Bertz CT molecular complexity index is 3340. The first-order valence-corrected chi connectivity index (χ1v) is 18.3. The molecule has 0 unspecified atom stereocenters. The molecule has 0 aliphatic carbocycles. The molecule has 0 spiro atoms. The Labute approximate surface area is 309 Å². The topological polar surface area (TPSA) is 43.9 Å². The van der Waals surface area contributed by atoms with Gasteiger partial charge in [-0.2, -0.15) is 0 Å². The maximum absolute atomic E-state index is 6.67. The summed E-state index contributed by atoms with van der Waals surface area (Å²) < 4.78 is 9.11. The van der Waals surface area contributed by atoms with Gasteiger partial charge in [0, 0.05) is 43.4 Å². The van der Waals surface area contributed by atoms with E-state index in [9.17, 15) is 0 Å². The van der Waals surface area contributed by atoms with E-state index in [1.807, 2.05) is 0 Å². The molecular weight excluding hydrogens is 659 g/mol. The van der Waals surface area contributed by atoms with Gasteiger partial charge in [-0.3, -0.25) is 0 Å². The molecule has 4 heteroatoms. The summed E-state index contributed by atoms with van der Waals surface area (Å²) in [6.45, 7) is 0. The van der Waals surface area contributed by atoms with Crippen molar-refractivity contribution < 1.29 is 4.42 Å². The Morgan fingerprint density at radius 1 is 0.407 bits per heavy atom. The molecule has 4 nitrogen and oxygen atoms in total. The lowest BCUT2D eigenvalue weighted by molar-refractivity contribution is 0.664. The normalized spacial score (nSPS) is 12.1. The lowest BCUT2D eigenvalue weighted by Crippen LogP contribution is -1.98. The largest absolute Gasteiger partial charge is 0.456 e. The zero-order valence-electron chi connectivity index (χ0n) is 29.0. The monoisotopic (exact) mass is 687 g/mol. The zero-order valence-corrected chi connectivity index (χ0v) is 29.0. The molecule has 12 aromatic rings. The molecule has 0 saturated heterocycles. The highest BCUT2D eigenvalue weighted by molar-refractivity contribution is 6.33. The molecule has 54 heavy (non-hydrogen) atoms. The average Bonchev–Trinajstić information content (AvgIpc) is 3.49. The van der Waals surface area contributed by atoms with Gasteiger partial charge < -0.3 is 8.98 Å². The smallest absolute Gasteiger partial charge is 0.161 e. The van der Waals surface area contributed by atoms with Crippen molar-refractivity contribution in [1.29, 1.82) is 0 Å². The van der Waals surface area contributed by atoms with Crippen molar-refractivity contribution in [3.63, 3.8) is 0 Å². The number of rotatable bonds is 4. The third-order valence-corrected chi connectivity index (χ3v) is 11.1. The van der Waals surface area contributed by atoms with Gasteiger partial charge in [0.15, 0.2) is 5.82 Å². The summed E-state index contributed by atoms with van der Waals surface area (Å²) >= 11 is 0. The molecule has 0 amide bonds. The number of hydrogen-bond acceptors (Lipinski definition) is 3. The van der Waals surface area contributed by atoms with Gasteiger partial charge in [0.05, 0.1) is 27.9 Å². The summed E-state index contributed by atoms with van der Waals surface area (Å²) in [6.07, 6.45) is 0. The predicted octanol–water partition coefficient (Wildman–Crippen LogP) is 13.4. The van der Waals surface area contributed by atoms with Crippen molar-refractivity contribution in [2.24, 2.45) is 0 Å².